The van der Waals surface area contributed by atoms with Gasteiger partial charge in [-0.15, -0.1) is 12.4 Å². The minimum absolute atomic E-state index is 0. The number of halogens is 3. The van der Waals surface area contributed by atoms with Crippen LogP contribution in [0.15, 0.2) is 18.2 Å². The molecule has 0 saturated heterocycles. The minimum atomic E-state index is -0.0568. The van der Waals surface area contributed by atoms with E-state index in [0.717, 1.165) is 5.56 Å². The summed E-state index contributed by atoms with van der Waals surface area (Å²) in [6, 6.07) is 5.38. The Labute approximate surface area is 107 Å². The second-order valence-corrected chi connectivity index (χ2v) is 5.42. The molecule has 0 saturated carbocycles. The van der Waals surface area contributed by atoms with Gasteiger partial charge in [0, 0.05) is 16.1 Å². The Morgan fingerprint density at radius 3 is 1.80 bits per heavy atom. The number of hydrogen-bond acceptors (Lipinski definition) is 1. The maximum Gasteiger partial charge on any atom is 0.0424 e. The molecule has 0 aliphatic carbocycles. The Balaban J connectivity index is 0.00000196. The van der Waals surface area contributed by atoms with Crippen LogP contribution in [-0.4, -0.2) is 0 Å². The smallest absolute Gasteiger partial charge is 0.0424 e. The summed E-state index contributed by atoms with van der Waals surface area (Å²) in [7, 11) is 0. The van der Waals surface area contributed by atoms with Crippen LogP contribution >= 0.6 is 35.6 Å². The molecule has 0 amide bonds. The van der Waals surface area contributed by atoms with Crippen LogP contribution in [0, 0.1) is 5.41 Å². The Kier molecular flexibility index (Phi) is 5.42. The van der Waals surface area contributed by atoms with Gasteiger partial charge in [-0.1, -0.05) is 44.0 Å². The molecule has 2 N–H and O–H groups in total. The highest BCUT2D eigenvalue weighted by Gasteiger charge is 2.22. The molecule has 0 unspecified atom stereocenters. The summed E-state index contributed by atoms with van der Waals surface area (Å²) in [4.78, 5) is 0. The topological polar surface area (TPSA) is 26.0 Å². The van der Waals surface area contributed by atoms with Crippen molar-refractivity contribution < 1.29 is 0 Å². The van der Waals surface area contributed by atoms with Crippen molar-refractivity contribution in [3.63, 3.8) is 0 Å². The van der Waals surface area contributed by atoms with E-state index in [4.69, 9.17) is 28.9 Å². The summed E-state index contributed by atoms with van der Waals surface area (Å²) in [6.45, 7) is 6.27. The van der Waals surface area contributed by atoms with Gasteiger partial charge in [-0.3, -0.25) is 0 Å². The van der Waals surface area contributed by atoms with Gasteiger partial charge >= 0.3 is 0 Å². The molecule has 0 fully saturated rings. The summed E-state index contributed by atoms with van der Waals surface area (Å²) in [5.41, 5.74) is 7.08. The number of hydrogen-bond donors (Lipinski definition) is 1. The molecule has 0 aliphatic rings. The lowest BCUT2D eigenvalue weighted by Gasteiger charge is -2.27. The molecule has 4 heteroatoms. The quantitative estimate of drug-likeness (QED) is 0.799. The third kappa shape index (κ3) is 4.20. The van der Waals surface area contributed by atoms with Crippen LogP contribution in [0.2, 0.25) is 10.0 Å². The molecule has 1 aromatic carbocycles. The van der Waals surface area contributed by atoms with Gasteiger partial charge in [0.05, 0.1) is 0 Å². The maximum atomic E-state index is 6.09. The van der Waals surface area contributed by atoms with Crippen molar-refractivity contribution in [2.75, 3.05) is 0 Å². The average molecular weight is 269 g/mol. The molecule has 86 valence electrons. The van der Waals surface area contributed by atoms with E-state index in [1.807, 2.05) is 12.1 Å². The van der Waals surface area contributed by atoms with Gasteiger partial charge in [0.25, 0.3) is 0 Å². The maximum absolute atomic E-state index is 6.09. The van der Waals surface area contributed by atoms with E-state index in [9.17, 15) is 0 Å². The van der Waals surface area contributed by atoms with Gasteiger partial charge in [0.1, 0.15) is 0 Å². The molecule has 0 heterocycles. The van der Waals surface area contributed by atoms with Gasteiger partial charge in [0.15, 0.2) is 0 Å². The lowest BCUT2D eigenvalue weighted by molar-refractivity contribution is 0.327. The summed E-state index contributed by atoms with van der Waals surface area (Å²) in [5.74, 6) is 0. The monoisotopic (exact) mass is 267 g/mol. The summed E-state index contributed by atoms with van der Waals surface area (Å²) < 4.78 is 0. The van der Waals surface area contributed by atoms with E-state index in [2.05, 4.69) is 20.8 Å². The van der Waals surface area contributed by atoms with Crippen LogP contribution in [0.5, 0.6) is 0 Å². The summed E-state index contributed by atoms with van der Waals surface area (Å²) >= 11 is 11.8. The van der Waals surface area contributed by atoms with Gasteiger partial charge in [-0.05, 0) is 29.2 Å². The van der Waals surface area contributed by atoms with Gasteiger partial charge < -0.3 is 5.73 Å². The van der Waals surface area contributed by atoms with Gasteiger partial charge in [0.2, 0.25) is 0 Å². The van der Waals surface area contributed by atoms with Crippen molar-refractivity contribution in [2.45, 2.75) is 26.8 Å². The van der Waals surface area contributed by atoms with Crippen LogP contribution in [0.25, 0.3) is 0 Å². The molecule has 1 rings (SSSR count). The van der Waals surface area contributed by atoms with E-state index < -0.39 is 0 Å². The predicted molar refractivity (Wildman–Crippen MR) is 70.1 cm³/mol. The Morgan fingerprint density at radius 2 is 1.47 bits per heavy atom. The van der Waals surface area contributed by atoms with Crippen molar-refractivity contribution in [1.82, 2.24) is 0 Å². The predicted octanol–water partition coefficient (Wildman–Crippen LogP) is 4.46. The van der Waals surface area contributed by atoms with E-state index in [1.165, 1.54) is 0 Å². The highest BCUT2D eigenvalue weighted by molar-refractivity contribution is 6.34. The largest absolute Gasteiger partial charge is 0.324 e. The van der Waals surface area contributed by atoms with E-state index in [0.29, 0.717) is 10.0 Å². The van der Waals surface area contributed by atoms with Crippen molar-refractivity contribution in [3.05, 3.63) is 33.8 Å². The first-order chi connectivity index (χ1) is 6.30. The summed E-state index contributed by atoms with van der Waals surface area (Å²) in [6.07, 6.45) is 0. The van der Waals surface area contributed by atoms with Crippen molar-refractivity contribution in [3.8, 4) is 0 Å². The zero-order chi connectivity index (χ0) is 10.9. The lowest BCUT2D eigenvalue weighted by Crippen LogP contribution is -2.26. The molecule has 0 spiro atoms. The normalized spacial score (nSPS) is 13.2. The molecule has 0 aromatic heterocycles. The first-order valence-corrected chi connectivity index (χ1v) is 5.28. The first kappa shape index (κ1) is 15.0. The zero-order valence-electron chi connectivity index (χ0n) is 9.05. The highest BCUT2D eigenvalue weighted by Crippen LogP contribution is 2.33. The molecule has 0 bridgehead atoms. The van der Waals surface area contributed by atoms with Crippen LogP contribution in [0.1, 0.15) is 32.4 Å². The van der Waals surface area contributed by atoms with Crippen molar-refractivity contribution in [2.24, 2.45) is 11.1 Å². The van der Waals surface area contributed by atoms with Crippen LogP contribution < -0.4 is 5.73 Å². The third-order valence-corrected chi connectivity index (χ3v) is 2.61. The Bertz CT molecular complexity index is 311. The number of rotatable bonds is 1. The second-order valence-electron chi connectivity index (χ2n) is 4.55. The highest BCUT2D eigenvalue weighted by atomic mass is 35.5. The molecular formula is C11H16Cl3N. The Hall–Kier alpha value is 0.0500. The SMILES string of the molecule is CC(C)(C)[C@@H](N)c1cc(Cl)cc(Cl)c1.Cl. The van der Waals surface area contributed by atoms with Gasteiger partial charge in [-0.25, -0.2) is 0 Å². The zero-order valence-corrected chi connectivity index (χ0v) is 11.4. The minimum Gasteiger partial charge on any atom is -0.324 e. The number of nitrogens with two attached hydrogens (primary N) is 1. The van der Waals surface area contributed by atoms with Crippen LogP contribution in [0.3, 0.4) is 0 Å². The second kappa shape index (κ2) is 5.40. The molecular weight excluding hydrogens is 252 g/mol. The summed E-state index contributed by atoms with van der Waals surface area (Å²) in [5, 5.41) is 1.26. The first-order valence-electron chi connectivity index (χ1n) is 4.52. The molecule has 15 heavy (non-hydrogen) atoms. The fraction of sp³-hybridized carbons (Fsp3) is 0.455. The van der Waals surface area contributed by atoms with E-state index in [-0.39, 0.29) is 23.9 Å². The van der Waals surface area contributed by atoms with Crippen molar-refractivity contribution in [1.29, 1.82) is 0 Å². The molecule has 1 aromatic rings. The molecule has 1 nitrogen and oxygen atoms in total. The fourth-order valence-corrected chi connectivity index (χ4v) is 1.80. The number of benzene rings is 1. The molecule has 1 atom stereocenters. The average Bonchev–Trinajstić information content (AvgIpc) is 1.99. The van der Waals surface area contributed by atoms with Crippen LogP contribution in [-0.2, 0) is 0 Å². The van der Waals surface area contributed by atoms with Crippen molar-refractivity contribution >= 4 is 35.6 Å². The van der Waals surface area contributed by atoms with E-state index >= 15 is 0 Å². The van der Waals surface area contributed by atoms with Crippen LogP contribution in [0.4, 0.5) is 0 Å². The molecule has 0 aliphatic heterocycles. The lowest BCUT2D eigenvalue weighted by atomic mass is 9.83. The third-order valence-electron chi connectivity index (χ3n) is 2.18. The standard InChI is InChI=1S/C11H15Cl2N.ClH/c1-11(2,3)10(14)7-4-8(12)6-9(13)5-7;/h4-6,10H,14H2,1-3H3;1H/t10-;/m0./s1. The fourth-order valence-electron chi connectivity index (χ4n) is 1.25. The molecule has 0 radical (unpaired) electrons. The van der Waals surface area contributed by atoms with Gasteiger partial charge in [-0.2, -0.15) is 0 Å². The Morgan fingerprint density at radius 1 is 1.07 bits per heavy atom. The van der Waals surface area contributed by atoms with E-state index in [1.54, 1.807) is 6.07 Å².